The third-order valence-electron chi connectivity index (χ3n) is 4.90. The van der Waals surface area contributed by atoms with Gasteiger partial charge in [0.25, 0.3) is 0 Å². The van der Waals surface area contributed by atoms with Gasteiger partial charge in [0.2, 0.25) is 0 Å². The minimum Gasteiger partial charge on any atom is -0.493 e. The fraction of sp³-hybridized carbons (Fsp3) is 0.300. The quantitative estimate of drug-likeness (QED) is 0.588. The van der Waals surface area contributed by atoms with Crippen LogP contribution in [0.1, 0.15) is 22.9 Å². The summed E-state index contributed by atoms with van der Waals surface area (Å²) in [5, 5.41) is 5.02. The van der Waals surface area contributed by atoms with E-state index in [0.29, 0.717) is 0 Å². The maximum Gasteiger partial charge on any atom is 0.160 e. The van der Waals surface area contributed by atoms with E-state index < -0.39 is 0 Å². The molecule has 1 aliphatic heterocycles. The molecular formula is C20H21IN2O2. The van der Waals surface area contributed by atoms with Crippen LogP contribution in [0.15, 0.2) is 36.4 Å². The van der Waals surface area contributed by atoms with Gasteiger partial charge in [-0.15, -0.1) is 0 Å². The second kappa shape index (κ2) is 6.88. The highest BCUT2D eigenvalue weighted by Gasteiger charge is 2.24. The maximum atomic E-state index is 5.44. The Labute approximate surface area is 161 Å². The van der Waals surface area contributed by atoms with Crippen LogP contribution in [0, 0.1) is 3.57 Å². The number of aromatic amines is 1. The molecule has 1 aliphatic rings. The van der Waals surface area contributed by atoms with Crippen molar-refractivity contribution < 1.29 is 9.47 Å². The van der Waals surface area contributed by atoms with Gasteiger partial charge in [0.1, 0.15) is 0 Å². The smallest absolute Gasteiger partial charge is 0.160 e. The van der Waals surface area contributed by atoms with E-state index in [4.69, 9.17) is 9.47 Å². The van der Waals surface area contributed by atoms with Crippen LogP contribution in [0.4, 0.5) is 0 Å². The number of aromatic nitrogens is 1. The Kier molecular flexibility index (Phi) is 4.60. The molecule has 0 fully saturated rings. The topological polar surface area (TPSA) is 46.3 Å². The molecule has 0 radical (unpaired) electrons. The molecule has 0 spiro atoms. The summed E-state index contributed by atoms with van der Waals surface area (Å²) in [7, 11) is 3.34. The van der Waals surface area contributed by atoms with E-state index in [-0.39, 0.29) is 6.04 Å². The summed E-state index contributed by atoms with van der Waals surface area (Å²) >= 11 is 2.38. The molecule has 4 nitrogen and oxygen atoms in total. The van der Waals surface area contributed by atoms with Gasteiger partial charge >= 0.3 is 0 Å². The van der Waals surface area contributed by atoms with E-state index in [0.717, 1.165) is 30.9 Å². The Hall–Kier alpha value is -1.73. The Morgan fingerprint density at radius 3 is 2.72 bits per heavy atom. The van der Waals surface area contributed by atoms with Gasteiger partial charge in [0.15, 0.2) is 11.5 Å². The lowest BCUT2D eigenvalue weighted by molar-refractivity contribution is 0.354. The lowest BCUT2D eigenvalue weighted by Crippen LogP contribution is -2.31. The first-order chi connectivity index (χ1) is 12.2. The molecule has 0 bridgehead atoms. The molecule has 2 aromatic carbocycles. The van der Waals surface area contributed by atoms with Gasteiger partial charge in [0.05, 0.1) is 20.3 Å². The lowest BCUT2D eigenvalue weighted by Gasteiger charge is -2.25. The molecule has 0 amide bonds. The van der Waals surface area contributed by atoms with Crippen molar-refractivity contribution in [3.05, 3.63) is 56.8 Å². The fourth-order valence-electron chi connectivity index (χ4n) is 3.70. The zero-order chi connectivity index (χ0) is 17.4. The number of hydrogen-bond acceptors (Lipinski definition) is 3. The molecule has 2 heterocycles. The van der Waals surface area contributed by atoms with E-state index in [9.17, 15) is 0 Å². The number of hydrogen-bond donors (Lipinski definition) is 2. The Morgan fingerprint density at radius 1 is 1.08 bits per heavy atom. The highest BCUT2D eigenvalue weighted by Crippen LogP contribution is 2.34. The minimum absolute atomic E-state index is 0.284. The number of benzene rings is 2. The van der Waals surface area contributed by atoms with Gasteiger partial charge in [-0.2, -0.15) is 0 Å². The van der Waals surface area contributed by atoms with E-state index >= 15 is 0 Å². The molecule has 1 aromatic heterocycles. The number of rotatable bonds is 4. The summed E-state index contributed by atoms with van der Waals surface area (Å²) in [4.78, 5) is 3.64. The highest BCUT2D eigenvalue weighted by molar-refractivity contribution is 14.1. The Morgan fingerprint density at radius 2 is 1.92 bits per heavy atom. The first kappa shape index (κ1) is 16.7. The summed E-state index contributed by atoms with van der Waals surface area (Å²) in [5.41, 5.74) is 5.23. The maximum absolute atomic E-state index is 5.44. The van der Waals surface area contributed by atoms with Crippen molar-refractivity contribution >= 4 is 33.5 Å². The molecule has 1 atom stereocenters. The van der Waals surface area contributed by atoms with Crippen molar-refractivity contribution in [1.82, 2.24) is 10.3 Å². The van der Waals surface area contributed by atoms with Gasteiger partial charge in [-0.25, -0.2) is 0 Å². The van der Waals surface area contributed by atoms with E-state index in [1.807, 2.05) is 6.07 Å². The van der Waals surface area contributed by atoms with Crippen molar-refractivity contribution in [1.29, 1.82) is 0 Å². The largest absolute Gasteiger partial charge is 0.493 e. The zero-order valence-electron chi connectivity index (χ0n) is 14.4. The number of H-pyrrole nitrogens is 1. The first-order valence-electron chi connectivity index (χ1n) is 8.44. The average Bonchev–Trinajstić information content (AvgIpc) is 3.00. The van der Waals surface area contributed by atoms with Crippen LogP contribution >= 0.6 is 22.6 Å². The predicted molar refractivity (Wildman–Crippen MR) is 109 cm³/mol. The monoisotopic (exact) mass is 448 g/mol. The highest BCUT2D eigenvalue weighted by atomic mass is 127. The number of ether oxygens (including phenoxy) is 2. The van der Waals surface area contributed by atoms with E-state index in [2.05, 4.69) is 63.2 Å². The van der Waals surface area contributed by atoms with Gasteiger partial charge in [-0.3, -0.25) is 0 Å². The van der Waals surface area contributed by atoms with Crippen LogP contribution in [-0.4, -0.2) is 25.7 Å². The second-order valence-corrected chi connectivity index (χ2v) is 7.60. The summed E-state index contributed by atoms with van der Waals surface area (Å²) in [6, 6.07) is 13.1. The van der Waals surface area contributed by atoms with Crippen LogP contribution < -0.4 is 14.8 Å². The van der Waals surface area contributed by atoms with Crippen molar-refractivity contribution in [2.24, 2.45) is 0 Å². The first-order valence-corrected chi connectivity index (χ1v) is 9.51. The molecule has 0 saturated carbocycles. The molecule has 2 N–H and O–H groups in total. The van der Waals surface area contributed by atoms with Gasteiger partial charge in [-0.1, -0.05) is 6.07 Å². The van der Waals surface area contributed by atoms with Crippen molar-refractivity contribution in [2.45, 2.75) is 18.9 Å². The third-order valence-corrected chi connectivity index (χ3v) is 5.57. The molecular weight excluding hydrogens is 427 g/mol. The Bertz CT molecular complexity index is 919. The summed E-state index contributed by atoms with van der Waals surface area (Å²) < 4.78 is 12.1. The SMILES string of the molecule is COc1ccc(CC2NCCc3c2[nH]c2ccc(I)cc32)cc1OC. The van der Waals surface area contributed by atoms with Gasteiger partial charge < -0.3 is 19.8 Å². The van der Waals surface area contributed by atoms with E-state index in [1.165, 1.54) is 31.3 Å². The minimum atomic E-state index is 0.284. The van der Waals surface area contributed by atoms with Crippen molar-refractivity contribution in [3.63, 3.8) is 0 Å². The summed E-state index contributed by atoms with van der Waals surface area (Å²) in [6.07, 6.45) is 1.98. The predicted octanol–water partition coefficient (Wildman–Crippen LogP) is 4.22. The van der Waals surface area contributed by atoms with Crippen LogP contribution in [0.3, 0.4) is 0 Å². The summed E-state index contributed by atoms with van der Waals surface area (Å²) in [6.45, 7) is 1.00. The summed E-state index contributed by atoms with van der Waals surface area (Å²) in [5.74, 6) is 1.55. The number of nitrogens with one attached hydrogen (secondary N) is 2. The van der Waals surface area contributed by atoms with Crippen molar-refractivity contribution in [2.75, 3.05) is 20.8 Å². The van der Waals surface area contributed by atoms with Crippen LogP contribution in [0.2, 0.25) is 0 Å². The molecule has 130 valence electrons. The standard InChI is InChI=1S/C20H21IN2O2/c1-24-18-6-3-12(10-19(18)25-2)9-17-20-14(7-8-22-17)15-11-13(21)4-5-16(15)23-20/h3-6,10-11,17,22-23H,7-9H2,1-2H3. The molecule has 5 heteroatoms. The number of halogens is 1. The van der Waals surface area contributed by atoms with Gasteiger partial charge in [-0.05, 0) is 83.4 Å². The third kappa shape index (κ3) is 3.11. The normalized spacial score (nSPS) is 16.7. The molecule has 1 unspecified atom stereocenters. The number of fused-ring (bicyclic) bond motifs is 3. The van der Waals surface area contributed by atoms with Gasteiger partial charge in [0, 0.05) is 20.2 Å². The molecule has 0 saturated heterocycles. The number of methoxy groups -OCH3 is 2. The second-order valence-electron chi connectivity index (χ2n) is 6.36. The van der Waals surface area contributed by atoms with E-state index in [1.54, 1.807) is 14.2 Å². The zero-order valence-corrected chi connectivity index (χ0v) is 16.5. The Balaban J connectivity index is 1.68. The van der Waals surface area contributed by atoms with Crippen LogP contribution in [-0.2, 0) is 12.8 Å². The molecule has 25 heavy (non-hydrogen) atoms. The van der Waals surface area contributed by atoms with Crippen LogP contribution in [0.5, 0.6) is 11.5 Å². The average molecular weight is 448 g/mol. The molecule has 4 rings (SSSR count). The van der Waals surface area contributed by atoms with Crippen molar-refractivity contribution in [3.8, 4) is 11.5 Å². The molecule has 3 aromatic rings. The lowest BCUT2D eigenvalue weighted by atomic mass is 9.94. The fourth-order valence-corrected chi connectivity index (χ4v) is 4.19. The van der Waals surface area contributed by atoms with Crippen LogP contribution in [0.25, 0.3) is 10.9 Å². The molecule has 0 aliphatic carbocycles.